The van der Waals surface area contributed by atoms with E-state index in [2.05, 4.69) is 229 Å². The van der Waals surface area contributed by atoms with Crippen LogP contribution in [-0.2, 0) is 5.41 Å². The van der Waals surface area contributed by atoms with Crippen molar-refractivity contribution in [1.29, 1.82) is 0 Å². The van der Waals surface area contributed by atoms with Crippen LogP contribution in [0.3, 0.4) is 0 Å². The third-order valence-corrected chi connectivity index (χ3v) is 16.4. The van der Waals surface area contributed by atoms with E-state index in [9.17, 15) is 0 Å². The van der Waals surface area contributed by atoms with Crippen LogP contribution >= 0.6 is 0 Å². The van der Waals surface area contributed by atoms with Gasteiger partial charge in [0.1, 0.15) is 0 Å². The van der Waals surface area contributed by atoms with Crippen LogP contribution in [0.2, 0.25) is 0 Å². The summed E-state index contributed by atoms with van der Waals surface area (Å²) in [6, 6.07) is 78.7. The first-order valence-electron chi connectivity index (χ1n) is 18.5. The first kappa shape index (κ1) is 31.3. The molecule has 2 nitrogen and oxygen atoms in total. The van der Waals surface area contributed by atoms with Gasteiger partial charge in [-0.2, -0.15) is 0 Å². The largest absolute Gasteiger partial charge is 0.311 e. The number of hydrogen-bond donors (Lipinski definition) is 0. The molecule has 0 amide bonds. The summed E-state index contributed by atoms with van der Waals surface area (Å²) in [6.07, 6.45) is 0. The topological polar surface area (TPSA) is 6.48 Å². The van der Waals surface area contributed by atoms with E-state index < -0.39 is 8.07 Å². The summed E-state index contributed by atoms with van der Waals surface area (Å²) >= 11 is 0. The van der Waals surface area contributed by atoms with Crippen LogP contribution in [0.1, 0.15) is 23.6 Å². The SMILES string of the molecule is CC1(c2ccccc2)c2ccccc2N(c2cccc(N3c4ccccc4[Si](c4ccccc4)(c4ccccc4)c4ccccc43)c2)c2ccccc21. The average molecular weight is 695 g/mol. The first-order chi connectivity index (χ1) is 26.2. The van der Waals surface area contributed by atoms with Crippen LogP contribution in [0.15, 0.2) is 212 Å². The number of rotatable bonds is 5. The Labute approximate surface area is 312 Å². The number of hydrogen-bond acceptors (Lipinski definition) is 2. The highest BCUT2D eigenvalue weighted by molar-refractivity contribution is 7.21. The lowest BCUT2D eigenvalue weighted by molar-refractivity contribution is 0.681. The standard InChI is InChI=1S/C50H38N2Si/c1-50(37-20-5-2-6-21-37)42-28-11-13-30-44(42)51(45-31-14-12-29-43(45)50)38-22-19-23-39(36-38)52-46-32-15-17-34-48(46)53(40-24-7-3-8-25-40,41-26-9-4-10-27-41)49-35-18-16-33-47(49)52/h2-36H,1H3. The fourth-order valence-electron chi connectivity index (χ4n) is 9.28. The van der Waals surface area contributed by atoms with Crippen molar-refractivity contribution in [2.24, 2.45) is 0 Å². The molecular formula is C50H38N2Si. The Kier molecular flexibility index (Phi) is 7.31. The summed E-state index contributed by atoms with van der Waals surface area (Å²) in [5, 5.41) is 5.58. The minimum Gasteiger partial charge on any atom is -0.311 e. The maximum Gasteiger partial charge on any atom is 0.184 e. The fraction of sp³-hybridized carbons (Fsp3) is 0.0400. The second-order valence-corrected chi connectivity index (χ2v) is 18.0. The number of fused-ring (bicyclic) bond motifs is 4. The van der Waals surface area contributed by atoms with Crippen molar-refractivity contribution in [1.82, 2.24) is 0 Å². The number of anilines is 6. The third-order valence-electron chi connectivity index (χ3n) is 11.6. The Morgan fingerprint density at radius 1 is 0.358 bits per heavy atom. The highest BCUT2D eigenvalue weighted by Gasteiger charge is 2.49. The molecule has 0 spiro atoms. The van der Waals surface area contributed by atoms with Crippen molar-refractivity contribution >= 4 is 62.9 Å². The molecule has 0 unspecified atom stereocenters. The van der Waals surface area contributed by atoms with Crippen molar-refractivity contribution in [2.75, 3.05) is 9.80 Å². The highest BCUT2D eigenvalue weighted by atomic mass is 28.3. The zero-order chi connectivity index (χ0) is 35.4. The second kappa shape index (κ2) is 12.4. The second-order valence-electron chi connectivity index (χ2n) is 14.2. The normalized spacial score (nSPS) is 14.7. The Morgan fingerprint density at radius 3 is 1.23 bits per heavy atom. The minimum atomic E-state index is -2.69. The number of para-hydroxylation sites is 4. The van der Waals surface area contributed by atoms with Gasteiger partial charge in [-0.15, -0.1) is 0 Å². The van der Waals surface area contributed by atoms with Crippen LogP contribution in [0, 0.1) is 0 Å². The monoisotopic (exact) mass is 694 g/mol. The van der Waals surface area contributed by atoms with Gasteiger partial charge in [-0.1, -0.05) is 170 Å². The molecule has 0 aromatic heterocycles. The molecule has 3 heteroatoms. The molecule has 8 aromatic carbocycles. The molecule has 53 heavy (non-hydrogen) atoms. The molecular weight excluding hydrogens is 657 g/mol. The zero-order valence-electron chi connectivity index (χ0n) is 29.6. The van der Waals surface area contributed by atoms with Crippen molar-refractivity contribution in [2.45, 2.75) is 12.3 Å². The maximum atomic E-state index is 2.50. The summed E-state index contributed by atoms with van der Waals surface area (Å²) in [4.78, 5) is 4.97. The molecule has 0 fully saturated rings. The van der Waals surface area contributed by atoms with Gasteiger partial charge in [0, 0.05) is 28.2 Å². The van der Waals surface area contributed by atoms with E-state index in [1.807, 2.05) is 0 Å². The van der Waals surface area contributed by atoms with Crippen molar-refractivity contribution in [3.05, 3.63) is 229 Å². The van der Waals surface area contributed by atoms with Gasteiger partial charge in [0.2, 0.25) is 0 Å². The molecule has 0 bridgehead atoms. The van der Waals surface area contributed by atoms with Crippen LogP contribution < -0.4 is 30.5 Å². The van der Waals surface area contributed by atoms with Crippen molar-refractivity contribution in [3.8, 4) is 0 Å². The quantitative estimate of drug-likeness (QED) is 0.166. The average Bonchev–Trinajstić information content (AvgIpc) is 3.24. The summed E-state index contributed by atoms with van der Waals surface area (Å²) in [5.41, 5.74) is 10.7. The molecule has 0 saturated carbocycles. The molecule has 0 radical (unpaired) electrons. The van der Waals surface area contributed by atoms with Crippen LogP contribution in [0.5, 0.6) is 0 Å². The lowest BCUT2D eigenvalue weighted by Crippen LogP contribution is -2.77. The van der Waals surface area contributed by atoms with Crippen LogP contribution in [0.25, 0.3) is 0 Å². The smallest absolute Gasteiger partial charge is 0.184 e. The van der Waals surface area contributed by atoms with Gasteiger partial charge in [0.25, 0.3) is 0 Å². The maximum absolute atomic E-state index is 2.69. The molecule has 252 valence electrons. The Morgan fingerprint density at radius 2 is 0.736 bits per heavy atom. The summed E-state index contributed by atoms with van der Waals surface area (Å²) in [6.45, 7) is 2.38. The van der Waals surface area contributed by atoms with Gasteiger partial charge in [0.15, 0.2) is 8.07 Å². The lowest BCUT2D eigenvalue weighted by atomic mass is 9.67. The van der Waals surface area contributed by atoms with E-state index in [1.54, 1.807) is 0 Å². The molecule has 0 atom stereocenters. The molecule has 0 saturated heterocycles. The Balaban J connectivity index is 1.19. The summed E-state index contributed by atoms with van der Waals surface area (Å²) in [7, 11) is -2.69. The third kappa shape index (κ3) is 4.57. The fourth-order valence-corrected chi connectivity index (χ4v) is 14.4. The Hall–Kier alpha value is -6.42. The van der Waals surface area contributed by atoms with E-state index in [4.69, 9.17) is 0 Å². The van der Waals surface area contributed by atoms with Gasteiger partial charge in [-0.3, -0.25) is 0 Å². The van der Waals surface area contributed by atoms with E-state index in [-0.39, 0.29) is 5.41 Å². The molecule has 8 aromatic rings. The Bertz CT molecular complexity index is 2460. The zero-order valence-corrected chi connectivity index (χ0v) is 30.6. The van der Waals surface area contributed by atoms with E-state index in [1.165, 1.54) is 60.2 Å². The van der Waals surface area contributed by atoms with E-state index in [0.29, 0.717) is 0 Å². The van der Waals surface area contributed by atoms with Gasteiger partial charge in [0.05, 0.1) is 11.4 Å². The van der Waals surface area contributed by atoms with Crippen LogP contribution in [0.4, 0.5) is 34.1 Å². The number of benzene rings is 8. The molecule has 2 aliphatic heterocycles. The van der Waals surface area contributed by atoms with Crippen LogP contribution in [-0.4, -0.2) is 8.07 Å². The summed E-state index contributed by atoms with van der Waals surface area (Å²) < 4.78 is 0. The molecule has 0 N–H and O–H groups in total. The van der Waals surface area contributed by atoms with Gasteiger partial charge < -0.3 is 9.80 Å². The molecule has 0 aliphatic carbocycles. The van der Waals surface area contributed by atoms with E-state index >= 15 is 0 Å². The number of nitrogens with zero attached hydrogens (tertiary/aromatic N) is 2. The van der Waals surface area contributed by atoms with Gasteiger partial charge >= 0.3 is 0 Å². The molecule has 2 heterocycles. The van der Waals surface area contributed by atoms with E-state index in [0.717, 1.165) is 11.4 Å². The predicted molar refractivity (Wildman–Crippen MR) is 225 cm³/mol. The lowest BCUT2D eigenvalue weighted by Gasteiger charge is -2.45. The predicted octanol–water partition coefficient (Wildman–Crippen LogP) is 9.98. The first-order valence-corrected chi connectivity index (χ1v) is 20.5. The minimum absolute atomic E-state index is 0.309. The van der Waals surface area contributed by atoms with Gasteiger partial charge in [-0.25, -0.2) is 0 Å². The highest BCUT2D eigenvalue weighted by Crippen LogP contribution is 2.55. The summed E-state index contributed by atoms with van der Waals surface area (Å²) in [5.74, 6) is 0. The molecule has 10 rings (SSSR count). The molecule has 2 aliphatic rings. The van der Waals surface area contributed by atoms with Crippen molar-refractivity contribution < 1.29 is 0 Å². The van der Waals surface area contributed by atoms with Gasteiger partial charge in [-0.05, 0) is 86.8 Å². The van der Waals surface area contributed by atoms with Crippen molar-refractivity contribution in [3.63, 3.8) is 0 Å².